The number of thiazole rings is 1. The minimum absolute atomic E-state index is 0.00377. The van der Waals surface area contributed by atoms with Crippen LogP contribution in [0.2, 0.25) is 5.02 Å². The summed E-state index contributed by atoms with van der Waals surface area (Å²) in [6.07, 6.45) is 1.86. The van der Waals surface area contributed by atoms with Crippen LogP contribution in [0, 0.1) is 11.8 Å². The second-order valence-corrected chi connectivity index (χ2v) is 12.5. The number of hydrogen-bond donors (Lipinski definition) is 3. The highest BCUT2D eigenvalue weighted by Gasteiger charge is 2.62. The molecule has 5 heterocycles. The number of piperidine rings is 1. The number of aromatic nitrogens is 2. The molecule has 10 heteroatoms. The number of nitrogens with one attached hydrogen (secondary N) is 3. The molecule has 2 aromatic heterocycles. The lowest BCUT2D eigenvalue weighted by Gasteiger charge is -2.37. The van der Waals surface area contributed by atoms with Crippen LogP contribution in [0.3, 0.4) is 0 Å². The van der Waals surface area contributed by atoms with Gasteiger partial charge in [0.05, 0.1) is 11.7 Å². The number of likely N-dealkylation sites (N-methyl/N-ethyl adjacent to an activating group) is 1. The van der Waals surface area contributed by atoms with Crippen molar-refractivity contribution >= 4 is 45.7 Å². The van der Waals surface area contributed by atoms with Crippen LogP contribution in [-0.4, -0.2) is 70.0 Å². The lowest BCUT2D eigenvalue weighted by Crippen LogP contribution is -2.63. The summed E-state index contributed by atoms with van der Waals surface area (Å²) in [5, 5.41) is 5.42. The van der Waals surface area contributed by atoms with E-state index in [0.29, 0.717) is 38.7 Å². The maximum Gasteiger partial charge on any atom is 0.312 e. The molecule has 8 nitrogen and oxygen atoms in total. The number of quaternary nitrogens is 1. The fourth-order valence-corrected chi connectivity index (χ4v) is 8.01. The summed E-state index contributed by atoms with van der Waals surface area (Å²) in [5.74, 6) is 0.466. The zero-order valence-corrected chi connectivity index (χ0v) is 22.4. The summed E-state index contributed by atoms with van der Waals surface area (Å²) < 4.78 is 0.501. The topological polar surface area (TPSA) is 90.1 Å². The molecule has 36 heavy (non-hydrogen) atoms. The fraction of sp³-hybridized carbons (Fsp3) is 0.500. The van der Waals surface area contributed by atoms with E-state index in [9.17, 15) is 9.59 Å². The highest BCUT2D eigenvalue weighted by Crippen LogP contribution is 2.44. The molecule has 6 rings (SSSR count). The smallest absolute Gasteiger partial charge is 0.312 e. The van der Waals surface area contributed by atoms with Crippen molar-refractivity contribution in [2.75, 3.05) is 26.7 Å². The molecular weight excluding hydrogens is 496 g/mol. The Morgan fingerprint density at radius 3 is 2.92 bits per heavy atom. The summed E-state index contributed by atoms with van der Waals surface area (Å²) >= 11 is 7.64. The van der Waals surface area contributed by atoms with Crippen LogP contribution >= 0.6 is 22.9 Å². The summed E-state index contributed by atoms with van der Waals surface area (Å²) in [6.45, 7) is 7.81. The molecule has 1 aromatic carbocycles. The molecule has 2 fully saturated rings. The molecule has 3 N–H and O–H groups in total. The van der Waals surface area contributed by atoms with Gasteiger partial charge >= 0.3 is 5.91 Å². The number of rotatable bonds is 5. The monoisotopic (exact) mass is 527 g/mol. The Morgan fingerprint density at radius 1 is 1.28 bits per heavy atom. The van der Waals surface area contributed by atoms with E-state index in [-0.39, 0.29) is 23.9 Å². The number of hydrogen-bond acceptors (Lipinski definition) is 5. The van der Waals surface area contributed by atoms with Crippen molar-refractivity contribution in [2.45, 2.75) is 45.3 Å². The molecule has 0 saturated carbocycles. The number of aromatic amines is 1. The first-order valence-corrected chi connectivity index (χ1v) is 13.9. The largest absolute Gasteiger partial charge is 0.350 e. The third-order valence-electron chi connectivity index (χ3n) is 8.18. The van der Waals surface area contributed by atoms with Crippen molar-refractivity contribution in [3.05, 3.63) is 50.6 Å². The molecule has 2 unspecified atom stereocenters. The molecule has 190 valence electrons. The van der Waals surface area contributed by atoms with Gasteiger partial charge in [0.2, 0.25) is 0 Å². The summed E-state index contributed by atoms with van der Waals surface area (Å²) in [4.78, 5) is 38.0. The number of benzene rings is 1. The zero-order valence-electron chi connectivity index (χ0n) is 20.8. The van der Waals surface area contributed by atoms with Gasteiger partial charge in [0, 0.05) is 58.6 Å². The van der Waals surface area contributed by atoms with E-state index in [1.165, 1.54) is 16.2 Å². The van der Waals surface area contributed by atoms with Crippen molar-refractivity contribution in [3.63, 3.8) is 0 Å². The summed E-state index contributed by atoms with van der Waals surface area (Å²) in [7, 11) is 2.10. The van der Waals surface area contributed by atoms with E-state index in [1.54, 1.807) is 0 Å². The highest BCUT2D eigenvalue weighted by atomic mass is 35.5. The number of carbonyl (C=O) groups is 2. The second-order valence-electron chi connectivity index (χ2n) is 10.9. The Balaban J connectivity index is 1.21. The van der Waals surface area contributed by atoms with Crippen LogP contribution in [0.25, 0.3) is 10.9 Å². The van der Waals surface area contributed by atoms with Gasteiger partial charge < -0.3 is 15.2 Å². The van der Waals surface area contributed by atoms with E-state index < -0.39 is 0 Å². The van der Waals surface area contributed by atoms with Gasteiger partial charge in [-0.25, -0.2) is 9.58 Å². The highest BCUT2D eigenvalue weighted by molar-refractivity contribution is 7.13. The van der Waals surface area contributed by atoms with Crippen LogP contribution in [0.1, 0.15) is 51.1 Å². The molecule has 0 spiro atoms. The quantitative estimate of drug-likeness (QED) is 0.442. The van der Waals surface area contributed by atoms with Gasteiger partial charge in [-0.1, -0.05) is 25.4 Å². The molecule has 3 aromatic rings. The van der Waals surface area contributed by atoms with Crippen LogP contribution in [0.5, 0.6) is 0 Å². The number of fused-ring (bicyclic) bond motifs is 4. The van der Waals surface area contributed by atoms with Gasteiger partial charge in [-0.15, -0.1) is 11.3 Å². The number of amides is 2. The molecule has 2 amide bonds. The first-order chi connectivity index (χ1) is 17.2. The number of H-pyrrole nitrogens is 1. The molecule has 4 atom stereocenters. The standard InChI is InChI=1S/C26H31ClN6O2S/c1-14(2)23-17-7-9-33(23,31-24(34)20-11-15-10-16(27)4-5-18(15)28-20)13-21(17)29-25(35)26-30-19-6-8-32(3)12-22(19)36-26/h4-5,10-11,14,17,21,23H,6-9,12-13H2,1-3H3,(H2-,28,29,31,34,35)/p+1/t17-,21-,23?,33?/m0/s1. The van der Waals surface area contributed by atoms with Gasteiger partial charge in [0.15, 0.2) is 5.01 Å². The molecule has 3 aliphatic heterocycles. The average Bonchev–Trinajstić information content (AvgIpc) is 3.57. The molecule has 2 saturated heterocycles. The normalized spacial score (nSPS) is 27.5. The van der Waals surface area contributed by atoms with E-state index in [1.807, 2.05) is 24.3 Å². The van der Waals surface area contributed by atoms with Crippen molar-refractivity contribution < 1.29 is 14.2 Å². The minimum Gasteiger partial charge on any atom is -0.350 e. The van der Waals surface area contributed by atoms with E-state index in [2.05, 4.69) is 46.5 Å². The van der Waals surface area contributed by atoms with E-state index in [4.69, 9.17) is 11.6 Å². The average molecular weight is 528 g/mol. The SMILES string of the molecule is CC(C)C1[C@H]2CC[N+]1(NC(=O)c1cc3cc(Cl)ccc3[nH]1)C[C@@H]2NC(=O)c1nc2c(s1)CN(C)CC2. The van der Waals surface area contributed by atoms with E-state index in [0.717, 1.165) is 49.1 Å². The van der Waals surface area contributed by atoms with Gasteiger partial charge in [-0.2, -0.15) is 5.43 Å². The van der Waals surface area contributed by atoms with Gasteiger partial charge in [-0.05, 0) is 31.3 Å². The molecule has 2 bridgehead atoms. The van der Waals surface area contributed by atoms with Crippen LogP contribution in [0.15, 0.2) is 24.3 Å². The van der Waals surface area contributed by atoms with Crippen molar-refractivity contribution in [1.29, 1.82) is 0 Å². The maximum atomic E-state index is 13.4. The Bertz CT molecular complexity index is 1350. The summed E-state index contributed by atoms with van der Waals surface area (Å²) in [6, 6.07) is 7.66. The van der Waals surface area contributed by atoms with E-state index >= 15 is 0 Å². The lowest BCUT2D eigenvalue weighted by atomic mass is 9.89. The van der Waals surface area contributed by atoms with Crippen LogP contribution < -0.4 is 10.7 Å². The third kappa shape index (κ3) is 4.02. The fourth-order valence-electron chi connectivity index (χ4n) is 6.74. The Kier molecular flexibility index (Phi) is 5.87. The Labute approximate surface area is 219 Å². The minimum atomic E-state index is -0.127. The molecular formula is C26H32ClN6O2S+. The molecule has 0 radical (unpaired) electrons. The van der Waals surface area contributed by atoms with Gasteiger partial charge in [0.1, 0.15) is 24.8 Å². The first kappa shape index (κ1) is 23.9. The zero-order chi connectivity index (χ0) is 25.2. The van der Waals surface area contributed by atoms with Crippen LogP contribution in [-0.2, 0) is 13.0 Å². The Hall–Kier alpha value is -2.46. The first-order valence-electron chi connectivity index (χ1n) is 12.7. The molecule has 3 aliphatic rings. The maximum absolute atomic E-state index is 13.4. The second kappa shape index (κ2) is 8.83. The van der Waals surface area contributed by atoms with Crippen molar-refractivity contribution in [2.24, 2.45) is 11.8 Å². The predicted molar refractivity (Wildman–Crippen MR) is 141 cm³/mol. The third-order valence-corrected chi connectivity index (χ3v) is 9.49. The lowest BCUT2D eigenvalue weighted by molar-refractivity contribution is -0.967. The summed E-state index contributed by atoms with van der Waals surface area (Å²) in [5.41, 5.74) is 5.83. The number of halogens is 1. The van der Waals surface area contributed by atoms with Crippen molar-refractivity contribution in [1.82, 2.24) is 25.6 Å². The van der Waals surface area contributed by atoms with Gasteiger partial charge in [0.25, 0.3) is 5.91 Å². The van der Waals surface area contributed by atoms with Gasteiger partial charge in [-0.3, -0.25) is 9.59 Å². The Morgan fingerprint density at radius 2 is 2.11 bits per heavy atom. The van der Waals surface area contributed by atoms with Crippen LogP contribution in [0.4, 0.5) is 0 Å². The predicted octanol–water partition coefficient (Wildman–Crippen LogP) is 3.58. The number of carbonyl (C=O) groups excluding carboxylic acids is 2. The number of nitrogens with zero attached hydrogens (tertiary/aromatic N) is 3. The molecule has 0 aliphatic carbocycles. The van der Waals surface area contributed by atoms with Crippen molar-refractivity contribution in [3.8, 4) is 0 Å².